The number of hydrogen-bond acceptors (Lipinski definition) is 11. The van der Waals surface area contributed by atoms with Crippen LogP contribution in [0, 0.1) is 17.8 Å². The van der Waals surface area contributed by atoms with Crippen molar-refractivity contribution < 1.29 is 79.1 Å². The predicted octanol–water partition coefficient (Wildman–Crippen LogP) is 5.31. The number of carbonyl (C=O) groups excluding carboxylic acids is 11. The summed E-state index contributed by atoms with van der Waals surface area (Å²) >= 11 is 6.03. The largest absolute Gasteiger partial charge is 0.417 e. The third-order valence-corrected chi connectivity index (χ3v) is 17.3. The summed E-state index contributed by atoms with van der Waals surface area (Å²) < 4.78 is 83.1. The first-order chi connectivity index (χ1) is 43.3. The monoisotopic (exact) mass is 1340 g/mol. The minimum atomic E-state index is -4.81. The van der Waals surface area contributed by atoms with Gasteiger partial charge in [0.05, 0.1) is 35.8 Å². The van der Waals surface area contributed by atoms with E-state index in [0.29, 0.717) is 19.3 Å². The number of nitrogens with one attached hydrogen (secondary N) is 4. The number of likely N-dealkylation sites (N-methyl/N-ethyl adjacent to an activating group) is 6. The van der Waals surface area contributed by atoms with Crippen molar-refractivity contribution in [1.29, 1.82) is 0 Å². The topological polar surface area (TPSA) is 259 Å². The first-order valence-electron chi connectivity index (χ1n) is 31.3. The van der Waals surface area contributed by atoms with Crippen LogP contribution in [0.25, 0.3) is 0 Å². The van der Waals surface area contributed by atoms with Gasteiger partial charge in [0.1, 0.15) is 36.3 Å². The van der Waals surface area contributed by atoms with E-state index in [1.54, 1.807) is 34.6 Å². The van der Waals surface area contributed by atoms with Gasteiger partial charge in [0.15, 0.2) is 0 Å². The lowest BCUT2D eigenvalue weighted by Crippen LogP contribution is -2.58. The number of hydrogen-bond donors (Lipinski definition) is 4. The van der Waals surface area contributed by atoms with Gasteiger partial charge >= 0.3 is 12.4 Å². The van der Waals surface area contributed by atoms with Gasteiger partial charge in [0, 0.05) is 80.7 Å². The van der Waals surface area contributed by atoms with Gasteiger partial charge in [0.2, 0.25) is 65.0 Å². The van der Waals surface area contributed by atoms with E-state index < -0.39 is 162 Å². The zero-order chi connectivity index (χ0) is 70.1. The first kappa shape index (κ1) is 77.9. The fourth-order valence-electron chi connectivity index (χ4n) is 11.3. The summed E-state index contributed by atoms with van der Waals surface area (Å²) in [5.41, 5.74) is -1.99. The Hall–Kier alpha value is -7.52. The van der Waals surface area contributed by atoms with Crippen molar-refractivity contribution in [2.45, 2.75) is 174 Å². The Morgan fingerprint density at radius 1 is 0.624 bits per heavy atom. The molecule has 2 aromatic carbocycles. The Bertz CT molecular complexity index is 3010. The lowest BCUT2D eigenvalue weighted by molar-refractivity contribution is -0.148. The molecule has 2 aliphatic rings. The molecular weight excluding hydrogens is 1250 g/mol. The van der Waals surface area contributed by atoms with Gasteiger partial charge in [-0.15, -0.1) is 0 Å². The highest BCUT2D eigenvalue weighted by molar-refractivity contribution is 6.31. The number of benzene rings is 2. The average molecular weight is 1340 g/mol. The molecule has 2 aliphatic heterocycles. The normalized spacial score (nSPS) is 23.9. The molecule has 93 heavy (non-hydrogen) atoms. The van der Waals surface area contributed by atoms with Crippen LogP contribution < -0.4 is 21.3 Å². The minimum Gasteiger partial charge on any atom is -0.354 e. The van der Waals surface area contributed by atoms with Crippen molar-refractivity contribution in [3.63, 3.8) is 0 Å². The number of carbonyl (C=O) groups is 11. The van der Waals surface area contributed by atoms with E-state index in [-0.39, 0.29) is 86.9 Å². The summed E-state index contributed by atoms with van der Waals surface area (Å²) in [4.78, 5) is 163. The standard InChI is InChI=1S/C64H92ClF6N11O11/c1-14-39(6)55-62(93)78(10)35-53(86)76(8)36-54(87)80(12)49(33-42-19-17-20-43(31-42)63(66,67)68)61(92)77(9)34-50(83)74-46(26-24-41-23-25-44(45(65)32-41)64(69,70)71)60(91)82-28-18-21-47(82)57(88)72-27-16-15-22-51(84)81(13)56(38(4)5)59(90)73-40(7)30-52(85)79(11)48(29-37(2)3)58(89)75-55/h17,19-20,23,25,31-32,37-40,46-49,55-56H,14-16,18,21-22,24,26-30,33-36H2,1-13H3,(H,72,88)(H,73,90)(H,74,83)(H,75,89)/t39?,40-,46+,47+,48+,49+,55+,56+/m1/s1. The van der Waals surface area contributed by atoms with Crippen molar-refractivity contribution in [1.82, 2.24) is 55.6 Å². The molecule has 29 heteroatoms. The highest BCUT2D eigenvalue weighted by Gasteiger charge is 2.41. The molecule has 1 unspecified atom stereocenters. The molecular formula is C64H92ClF6N11O11. The summed E-state index contributed by atoms with van der Waals surface area (Å²) in [5, 5.41) is 10.4. The van der Waals surface area contributed by atoms with Crippen LogP contribution in [0.5, 0.6) is 0 Å². The maximum Gasteiger partial charge on any atom is 0.417 e. The summed E-state index contributed by atoms with van der Waals surface area (Å²) in [7, 11) is 7.80. The van der Waals surface area contributed by atoms with Gasteiger partial charge in [-0.05, 0) is 98.9 Å². The van der Waals surface area contributed by atoms with E-state index in [0.717, 1.165) is 63.0 Å². The van der Waals surface area contributed by atoms with Crippen LogP contribution in [0.4, 0.5) is 26.3 Å². The van der Waals surface area contributed by atoms with E-state index in [9.17, 15) is 79.1 Å². The Balaban J connectivity index is 1.74. The second-order valence-electron chi connectivity index (χ2n) is 25.3. The van der Waals surface area contributed by atoms with Gasteiger partial charge < -0.3 is 55.6 Å². The number of halogens is 7. The van der Waals surface area contributed by atoms with Crippen LogP contribution in [-0.4, -0.2) is 217 Å². The van der Waals surface area contributed by atoms with E-state index in [1.165, 1.54) is 56.0 Å². The van der Waals surface area contributed by atoms with Gasteiger partial charge in [-0.1, -0.05) is 83.8 Å². The highest BCUT2D eigenvalue weighted by Crippen LogP contribution is 2.36. The number of amides is 11. The number of fused-ring (bicyclic) bond motifs is 1. The molecule has 0 bridgehead atoms. The van der Waals surface area contributed by atoms with Crippen molar-refractivity contribution >= 4 is 76.6 Å². The average Bonchev–Trinajstić information content (AvgIpc) is 1.95. The van der Waals surface area contributed by atoms with Gasteiger partial charge in [0.25, 0.3) is 0 Å². The molecule has 518 valence electrons. The van der Waals surface area contributed by atoms with Crippen LogP contribution in [-0.2, 0) is 77.9 Å². The Morgan fingerprint density at radius 2 is 1.26 bits per heavy atom. The van der Waals surface area contributed by atoms with E-state index >= 15 is 0 Å². The summed E-state index contributed by atoms with van der Waals surface area (Å²) in [6.45, 7) is 10.2. The van der Waals surface area contributed by atoms with Gasteiger partial charge in [-0.3, -0.25) is 52.7 Å². The molecule has 0 aromatic heterocycles. The lowest BCUT2D eigenvalue weighted by atomic mass is 9.96. The molecule has 0 saturated carbocycles. The van der Waals surface area contributed by atoms with Crippen LogP contribution >= 0.6 is 11.6 Å². The quantitative estimate of drug-likeness (QED) is 0.222. The third kappa shape index (κ3) is 22.3. The number of nitrogens with zero attached hydrogens (tertiary/aromatic N) is 7. The molecule has 2 saturated heterocycles. The lowest BCUT2D eigenvalue weighted by Gasteiger charge is -2.34. The summed E-state index contributed by atoms with van der Waals surface area (Å²) in [6.07, 6.45) is -9.15. The van der Waals surface area contributed by atoms with Crippen LogP contribution in [0.1, 0.15) is 129 Å². The van der Waals surface area contributed by atoms with Crippen LogP contribution in [0.2, 0.25) is 5.02 Å². The van der Waals surface area contributed by atoms with E-state index in [1.807, 2.05) is 13.8 Å². The molecule has 11 amide bonds. The van der Waals surface area contributed by atoms with E-state index in [4.69, 9.17) is 11.6 Å². The molecule has 0 radical (unpaired) electrons. The number of alkyl halides is 6. The fourth-order valence-corrected chi connectivity index (χ4v) is 11.6. The maximum atomic E-state index is 14.6. The first-order valence-corrected chi connectivity index (χ1v) is 31.7. The second kappa shape index (κ2) is 34.6. The molecule has 2 fully saturated rings. The Labute approximate surface area is 545 Å². The maximum absolute atomic E-state index is 14.6. The molecule has 22 nitrogen and oxygen atoms in total. The van der Waals surface area contributed by atoms with Crippen molar-refractivity contribution in [2.24, 2.45) is 17.8 Å². The van der Waals surface area contributed by atoms with Crippen LogP contribution in [0.3, 0.4) is 0 Å². The summed E-state index contributed by atoms with van der Waals surface area (Å²) in [5.74, 6) is -8.75. The zero-order valence-electron chi connectivity index (χ0n) is 55.4. The predicted molar refractivity (Wildman–Crippen MR) is 334 cm³/mol. The molecule has 4 rings (SSSR count). The van der Waals surface area contributed by atoms with E-state index in [2.05, 4.69) is 21.3 Å². The molecule has 2 aromatic rings. The van der Waals surface area contributed by atoms with Gasteiger partial charge in [-0.2, -0.15) is 26.3 Å². The smallest absolute Gasteiger partial charge is 0.354 e. The number of aryl methyl sites for hydroxylation is 1. The Kier molecular flexibility index (Phi) is 29.0. The molecule has 2 heterocycles. The highest BCUT2D eigenvalue weighted by atomic mass is 35.5. The van der Waals surface area contributed by atoms with Gasteiger partial charge in [-0.25, -0.2) is 0 Å². The molecule has 0 aliphatic carbocycles. The van der Waals surface area contributed by atoms with Crippen molar-refractivity contribution in [2.75, 3.05) is 75.0 Å². The van der Waals surface area contributed by atoms with Crippen molar-refractivity contribution in [3.8, 4) is 0 Å². The van der Waals surface area contributed by atoms with Crippen molar-refractivity contribution in [3.05, 3.63) is 69.7 Å². The number of rotatable bonds is 10. The molecule has 4 N–H and O–H groups in total. The fraction of sp³-hybridized carbons (Fsp3) is 0.641. The Morgan fingerprint density at radius 3 is 1.86 bits per heavy atom. The SMILES string of the molecule is CCC(C)[C@@H]1NC(=O)[C@H](CC(C)C)N(C)C(=O)C[C@@H](C)NC(=O)[C@H](C(C)C)N(C)C(=O)CCCCNC(=O)[C@@H]2CCCN2C(=O)[C@H](CCc2ccc(C(F)(F)F)c(Cl)c2)NC(=O)CN(C)C(=O)[C@H](Cc2cccc(C(F)(F)F)c2)N(C)C(=O)CN(C)C(=O)CN(C)C1=O. The molecule has 8 atom stereocenters. The third-order valence-electron chi connectivity index (χ3n) is 17.0. The summed E-state index contributed by atoms with van der Waals surface area (Å²) in [6, 6.07) is -1.26. The minimum absolute atomic E-state index is 0.0259. The van der Waals surface area contributed by atoms with Crippen LogP contribution in [0.15, 0.2) is 42.5 Å². The second-order valence-corrected chi connectivity index (χ2v) is 25.7. The zero-order valence-corrected chi connectivity index (χ0v) is 56.2. The molecule has 0 spiro atoms.